The van der Waals surface area contributed by atoms with Gasteiger partial charge in [0.05, 0.1) is 16.9 Å². The van der Waals surface area contributed by atoms with Crippen LogP contribution in [0.15, 0.2) is 29.2 Å². The first kappa shape index (κ1) is 14.2. The van der Waals surface area contributed by atoms with E-state index in [2.05, 4.69) is 26.7 Å². The largest absolute Gasteiger partial charge is 0.240 e. The molecule has 0 aliphatic carbocycles. The molecule has 1 rings (SSSR count). The minimum absolute atomic E-state index is 0.174. The first-order valence-electron chi connectivity index (χ1n) is 5.11. The van der Waals surface area contributed by atoms with Crippen molar-refractivity contribution in [2.45, 2.75) is 17.7 Å². The first-order chi connectivity index (χ1) is 8.06. The van der Waals surface area contributed by atoms with Crippen LogP contribution in [-0.2, 0) is 10.0 Å². The van der Waals surface area contributed by atoms with Crippen LogP contribution >= 0.6 is 15.9 Å². The van der Waals surface area contributed by atoms with Crippen molar-refractivity contribution in [2.24, 2.45) is 0 Å². The van der Waals surface area contributed by atoms with Gasteiger partial charge in [0.15, 0.2) is 0 Å². The van der Waals surface area contributed by atoms with Gasteiger partial charge in [-0.25, -0.2) is 13.1 Å². The van der Waals surface area contributed by atoms with Crippen LogP contribution in [0.4, 0.5) is 0 Å². The zero-order valence-electron chi connectivity index (χ0n) is 9.35. The monoisotopic (exact) mass is 316 g/mol. The van der Waals surface area contributed by atoms with Gasteiger partial charge >= 0.3 is 0 Å². The van der Waals surface area contributed by atoms with E-state index in [0.717, 1.165) is 0 Å². The summed E-state index contributed by atoms with van der Waals surface area (Å²) in [5.41, 5.74) is 0.521. The van der Waals surface area contributed by atoms with Gasteiger partial charge < -0.3 is 0 Å². The molecule has 0 fully saturated rings. The van der Waals surface area contributed by atoms with E-state index in [0.29, 0.717) is 17.4 Å². The molecular weight excluding hydrogens is 304 g/mol. The summed E-state index contributed by atoms with van der Waals surface area (Å²) >= 11 is 3.21. The molecule has 1 unspecified atom stereocenters. The van der Waals surface area contributed by atoms with Gasteiger partial charge in [0.1, 0.15) is 0 Å². The summed E-state index contributed by atoms with van der Waals surface area (Å²) in [6.45, 7) is 2.04. The highest BCUT2D eigenvalue weighted by Crippen LogP contribution is 2.24. The maximum Gasteiger partial charge on any atom is 0.240 e. The van der Waals surface area contributed by atoms with E-state index in [9.17, 15) is 8.42 Å². The number of nitriles is 1. The lowest BCUT2D eigenvalue weighted by Gasteiger charge is -2.12. The van der Waals surface area contributed by atoms with E-state index in [-0.39, 0.29) is 4.90 Å². The predicted molar refractivity (Wildman–Crippen MR) is 69.5 cm³/mol. The van der Waals surface area contributed by atoms with Gasteiger partial charge in [0, 0.05) is 11.9 Å². The standard InChI is InChI=1S/C11H13BrN2O2S/c1-2-14-17(15,16)11-6-4-3-5-10(11)9(7-12)8-13/h3-6,9,14H,2,7H2,1H3. The van der Waals surface area contributed by atoms with Crippen molar-refractivity contribution in [3.8, 4) is 6.07 Å². The molecule has 4 nitrogen and oxygen atoms in total. The molecule has 0 saturated heterocycles. The fourth-order valence-corrected chi connectivity index (χ4v) is 3.28. The number of benzene rings is 1. The second kappa shape index (κ2) is 6.15. The molecule has 0 amide bonds. The number of rotatable bonds is 5. The van der Waals surface area contributed by atoms with E-state index < -0.39 is 15.9 Å². The summed E-state index contributed by atoms with van der Waals surface area (Å²) in [6.07, 6.45) is 0. The van der Waals surface area contributed by atoms with Gasteiger partial charge in [-0.05, 0) is 11.6 Å². The molecule has 0 aliphatic heterocycles. The lowest BCUT2D eigenvalue weighted by Crippen LogP contribution is -2.24. The lowest BCUT2D eigenvalue weighted by atomic mass is 10.0. The van der Waals surface area contributed by atoms with Gasteiger partial charge in [0.25, 0.3) is 0 Å². The number of nitrogens with zero attached hydrogens (tertiary/aromatic N) is 1. The van der Waals surface area contributed by atoms with Crippen molar-refractivity contribution >= 4 is 26.0 Å². The number of halogens is 1. The van der Waals surface area contributed by atoms with Crippen molar-refractivity contribution in [1.29, 1.82) is 5.26 Å². The van der Waals surface area contributed by atoms with Crippen LogP contribution in [0, 0.1) is 11.3 Å². The number of sulfonamides is 1. The fraction of sp³-hybridized carbons (Fsp3) is 0.364. The molecule has 0 aromatic heterocycles. The van der Waals surface area contributed by atoms with Crippen molar-refractivity contribution < 1.29 is 8.42 Å². The number of alkyl halides is 1. The summed E-state index contributed by atoms with van der Waals surface area (Å²) < 4.78 is 26.3. The molecule has 1 atom stereocenters. The Balaban J connectivity index is 3.31. The quantitative estimate of drug-likeness (QED) is 0.844. The molecule has 17 heavy (non-hydrogen) atoms. The number of hydrogen-bond acceptors (Lipinski definition) is 3. The molecule has 0 heterocycles. The van der Waals surface area contributed by atoms with Crippen LogP contribution in [0.25, 0.3) is 0 Å². The van der Waals surface area contributed by atoms with E-state index in [1.807, 2.05) is 0 Å². The van der Waals surface area contributed by atoms with Crippen LogP contribution in [0.5, 0.6) is 0 Å². The highest BCUT2D eigenvalue weighted by Gasteiger charge is 2.21. The Hall–Kier alpha value is -0.900. The van der Waals surface area contributed by atoms with Crippen LogP contribution in [0.2, 0.25) is 0 Å². The highest BCUT2D eigenvalue weighted by molar-refractivity contribution is 9.09. The highest BCUT2D eigenvalue weighted by atomic mass is 79.9. The van der Waals surface area contributed by atoms with Crippen molar-refractivity contribution in [2.75, 3.05) is 11.9 Å². The Morgan fingerprint density at radius 1 is 1.47 bits per heavy atom. The average Bonchev–Trinajstić information content (AvgIpc) is 2.31. The van der Waals surface area contributed by atoms with E-state index in [4.69, 9.17) is 5.26 Å². The molecule has 0 saturated carbocycles. The Morgan fingerprint density at radius 3 is 2.65 bits per heavy atom. The third kappa shape index (κ3) is 3.28. The minimum atomic E-state index is -3.53. The summed E-state index contributed by atoms with van der Waals surface area (Å²) in [4.78, 5) is 0.174. The first-order valence-corrected chi connectivity index (χ1v) is 7.71. The summed E-state index contributed by atoms with van der Waals surface area (Å²) in [5.74, 6) is -0.473. The molecular formula is C11H13BrN2O2S. The zero-order chi connectivity index (χ0) is 12.9. The lowest BCUT2D eigenvalue weighted by molar-refractivity contribution is 0.582. The topological polar surface area (TPSA) is 70.0 Å². The van der Waals surface area contributed by atoms with Crippen molar-refractivity contribution in [3.05, 3.63) is 29.8 Å². The number of hydrogen-bond donors (Lipinski definition) is 1. The Morgan fingerprint density at radius 2 is 2.12 bits per heavy atom. The Bertz CT molecular complexity index is 523. The summed E-state index contributed by atoms with van der Waals surface area (Å²) in [5, 5.41) is 9.41. The average molecular weight is 317 g/mol. The maximum absolute atomic E-state index is 12.0. The molecule has 92 valence electrons. The smallest absolute Gasteiger partial charge is 0.211 e. The van der Waals surface area contributed by atoms with Crippen LogP contribution in [0.1, 0.15) is 18.4 Å². The van der Waals surface area contributed by atoms with Gasteiger partial charge in [-0.3, -0.25) is 0 Å². The van der Waals surface area contributed by atoms with Crippen molar-refractivity contribution in [1.82, 2.24) is 4.72 Å². The third-order valence-electron chi connectivity index (χ3n) is 2.23. The van der Waals surface area contributed by atoms with Gasteiger partial charge in [0.2, 0.25) is 10.0 Å². The van der Waals surface area contributed by atoms with Gasteiger partial charge in [-0.1, -0.05) is 41.1 Å². The predicted octanol–water partition coefficient (Wildman–Crippen LogP) is 1.99. The van der Waals surface area contributed by atoms with Crippen LogP contribution in [0.3, 0.4) is 0 Å². The summed E-state index contributed by atoms with van der Waals surface area (Å²) in [6, 6.07) is 8.64. The Kier molecular flexibility index (Phi) is 5.12. The van der Waals surface area contributed by atoms with Crippen molar-refractivity contribution in [3.63, 3.8) is 0 Å². The Labute approximate surface area is 110 Å². The molecule has 1 aromatic rings. The zero-order valence-corrected chi connectivity index (χ0v) is 11.8. The van der Waals surface area contributed by atoms with E-state index >= 15 is 0 Å². The van der Waals surface area contributed by atoms with Crippen LogP contribution in [-0.4, -0.2) is 20.3 Å². The second-order valence-corrected chi connectivity index (χ2v) is 5.76. The molecule has 0 spiro atoms. The maximum atomic E-state index is 12.0. The SMILES string of the molecule is CCNS(=O)(=O)c1ccccc1C(C#N)CBr. The normalized spacial score (nSPS) is 13.0. The minimum Gasteiger partial charge on any atom is -0.211 e. The molecule has 0 aliphatic rings. The second-order valence-electron chi connectivity index (χ2n) is 3.38. The van der Waals surface area contributed by atoms with Gasteiger partial charge in [-0.15, -0.1) is 0 Å². The summed E-state index contributed by atoms with van der Waals surface area (Å²) in [7, 11) is -3.53. The van der Waals surface area contributed by atoms with Crippen LogP contribution < -0.4 is 4.72 Å². The molecule has 1 aromatic carbocycles. The molecule has 0 radical (unpaired) electrons. The fourth-order valence-electron chi connectivity index (χ4n) is 1.47. The molecule has 6 heteroatoms. The van der Waals surface area contributed by atoms with E-state index in [1.165, 1.54) is 6.07 Å². The molecule has 0 bridgehead atoms. The molecule has 1 N–H and O–H groups in total. The van der Waals surface area contributed by atoms with E-state index in [1.54, 1.807) is 25.1 Å². The third-order valence-corrected chi connectivity index (χ3v) is 4.50. The number of nitrogens with one attached hydrogen (secondary N) is 1. The van der Waals surface area contributed by atoms with Gasteiger partial charge in [-0.2, -0.15) is 5.26 Å².